The third-order valence-corrected chi connectivity index (χ3v) is 3.20. The predicted octanol–water partition coefficient (Wildman–Crippen LogP) is 1.99. The number of halogens is 2. The molecule has 1 heterocycles. The van der Waals surface area contributed by atoms with Gasteiger partial charge in [-0.25, -0.2) is 18.3 Å². The van der Waals surface area contributed by atoms with E-state index in [9.17, 15) is 18.4 Å². The molecule has 0 radical (unpaired) electrons. The summed E-state index contributed by atoms with van der Waals surface area (Å²) in [5, 5.41) is 15.3. The Morgan fingerprint density at radius 1 is 1.26 bits per heavy atom. The molecule has 1 aromatic heterocycles. The Morgan fingerprint density at radius 3 is 2.52 bits per heavy atom. The zero-order valence-corrected chi connectivity index (χ0v) is 12.5. The van der Waals surface area contributed by atoms with Crippen LogP contribution in [0.4, 0.5) is 8.78 Å². The summed E-state index contributed by atoms with van der Waals surface area (Å²) in [6.45, 7) is 3.32. The number of amides is 1. The largest absolute Gasteiger partial charge is 0.480 e. The van der Waals surface area contributed by atoms with Gasteiger partial charge in [0.2, 0.25) is 0 Å². The number of carboxylic acid groups (broad SMARTS) is 1. The average Bonchev–Trinajstić information content (AvgIpc) is 2.93. The fourth-order valence-corrected chi connectivity index (χ4v) is 1.98. The molecule has 1 aromatic carbocycles. The molecule has 0 spiro atoms. The lowest BCUT2D eigenvalue weighted by Crippen LogP contribution is -2.44. The molecule has 2 rings (SSSR count). The normalized spacial score (nSPS) is 12.2. The highest BCUT2D eigenvalue weighted by atomic mass is 19.1. The SMILES string of the molecule is CC(C)[C@H](NC(=O)c1ccn(-c2ccc(F)cc2F)n1)C(=O)O. The van der Waals surface area contributed by atoms with Crippen LogP contribution in [-0.4, -0.2) is 32.8 Å². The number of rotatable bonds is 5. The molecule has 1 atom stereocenters. The van der Waals surface area contributed by atoms with Gasteiger partial charge >= 0.3 is 5.97 Å². The van der Waals surface area contributed by atoms with Gasteiger partial charge in [-0.15, -0.1) is 0 Å². The van der Waals surface area contributed by atoms with Crippen molar-refractivity contribution >= 4 is 11.9 Å². The lowest BCUT2D eigenvalue weighted by molar-refractivity contribution is -0.140. The molecule has 1 amide bonds. The molecular weight excluding hydrogens is 308 g/mol. The van der Waals surface area contributed by atoms with Gasteiger partial charge in [0, 0.05) is 12.3 Å². The van der Waals surface area contributed by atoms with E-state index in [0.717, 1.165) is 10.7 Å². The number of benzene rings is 1. The molecule has 0 bridgehead atoms. The third kappa shape index (κ3) is 3.71. The minimum atomic E-state index is -1.16. The first-order valence-corrected chi connectivity index (χ1v) is 6.84. The monoisotopic (exact) mass is 323 g/mol. The second-order valence-corrected chi connectivity index (χ2v) is 5.27. The Hall–Kier alpha value is -2.77. The Kier molecular flexibility index (Phi) is 4.73. The van der Waals surface area contributed by atoms with Gasteiger partial charge in [-0.2, -0.15) is 5.10 Å². The van der Waals surface area contributed by atoms with Gasteiger partial charge in [-0.05, 0) is 24.1 Å². The van der Waals surface area contributed by atoms with Crippen molar-refractivity contribution in [2.75, 3.05) is 0 Å². The highest BCUT2D eigenvalue weighted by Crippen LogP contribution is 2.14. The average molecular weight is 323 g/mol. The van der Waals surface area contributed by atoms with Crippen LogP contribution < -0.4 is 5.32 Å². The van der Waals surface area contributed by atoms with Crippen LogP contribution in [0, 0.1) is 17.6 Å². The molecule has 23 heavy (non-hydrogen) atoms. The van der Waals surface area contributed by atoms with E-state index in [0.29, 0.717) is 6.07 Å². The summed E-state index contributed by atoms with van der Waals surface area (Å²) in [5.41, 5.74) is -0.0929. The summed E-state index contributed by atoms with van der Waals surface area (Å²) < 4.78 is 27.7. The molecule has 2 N–H and O–H groups in total. The van der Waals surface area contributed by atoms with E-state index in [-0.39, 0.29) is 17.3 Å². The Morgan fingerprint density at radius 2 is 1.96 bits per heavy atom. The first-order valence-electron chi connectivity index (χ1n) is 6.84. The first-order chi connectivity index (χ1) is 10.8. The molecule has 0 aliphatic rings. The van der Waals surface area contributed by atoms with Crippen LogP contribution in [-0.2, 0) is 4.79 Å². The first kappa shape index (κ1) is 16.6. The number of aliphatic carboxylic acids is 1. The quantitative estimate of drug-likeness (QED) is 0.881. The summed E-state index contributed by atoms with van der Waals surface area (Å²) in [6.07, 6.45) is 1.33. The molecule has 122 valence electrons. The maximum atomic E-state index is 13.7. The molecule has 0 unspecified atom stereocenters. The van der Waals surface area contributed by atoms with Crippen LogP contribution in [0.3, 0.4) is 0 Å². The van der Waals surface area contributed by atoms with E-state index in [2.05, 4.69) is 10.4 Å². The smallest absolute Gasteiger partial charge is 0.326 e. The van der Waals surface area contributed by atoms with Gasteiger partial charge in [-0.3, -0.25) is 4.79 Å². The fraction of sp³-hybridized carbons (Fsp3) is 0.267. The van der Waals surface area contributed by atoms with Gasteiger partial charge in [-0.1, -0.05) is 13.8 Å². The highest BCUT2D eigenvalue weighted by Gasteiger charge is 2.25. The lowest BCUT2D eigenvalue weighted by Gasteiger charge is -2.16. The molecule has 0 saturated heterocycles. The summed E-state index contributed by atoms with van der Waals surface area (Å²) in [4.78, 5) is 23.1. The van der Waals surface area contributed by atoms with E-state index < -0.39 is 29.6 Å². The van der Waals surface area contributed by atoms with E-state index in [1.807, 2.05) is 0 Å². The van der Waals surface area contributed by atoms with E-state index in [1.165, 1.54) is 18.3 Å². The van der Waals surface area contributed by atoms with Gasteiger partial charge in [0.1, 0.15) is 17.5 Å². The van der Waals surface area contributed by atoms with Crippen molar-refractivity contribution in [1.29, 1.82) is 0 Å². The van der Waals surface area contributed by atoms with Gasteiger partial charge in [0.05, 0.1) is 0 Å². The lowest BCUT2D eigenvalue weighted by atomic mass is 10.0. The molecule has 0 aliphatic heterocycles. The molecular formula is C15H15F2N3O3. The zero-order chi connectivity index (χ0) is 17.1. The van der Waals surface area contributed by atoms with Gasteiger partial charge in [0.25, 0.3) is 5.91 Å². The molecule has 0 aliphatic carbocycles. The van der Waals surface area contributed by atoms with Crippen molar-refractivity contribution in [3.05, 3.63) is 47.8 Å². The van der Waals surface area contributed by atoms with E-state index in [1.54, 1.807) is 13.8 Å². The Labute approximate surface area is 130 Å². The summed E-state index contributed by atoms with van der Waals surface area (Å²) >= 11 is 0. The standard InChI is InChI=1S/C15H15F2N3O3/c1-8(2)13(15(22)23)18-14(21)11-5-6-20(19-11)12-4-3-9(16)7-10(12)17/h3-8,13H,1-2H3,(H,18,21)(H,22,23)/t13-/m0/s1. The number of hydrogen-bond donors (Lipinski definition) is 2. The van der Waals surface area contributed by atoms with E-state index >= 15 is 0 Å². The number of carbonyl (C=O) groups excluding carboxylic acids is 1. The molecule has 2 aromatic rings. The number of carbonyl (C=O) groups is 2. The molecule has 6 nitrogen and oxygen atoms in total. The van der Waals surface area contributed by atoms with Crippen LogP contribution in [0.15, 0.2) is 30.5 Å². The minimum Gasteiger partial charge on any atom is -0.480 e. The van der Waals surface area contributed by atoms with Crippen LogP contribution in [0.25, 0.3) is 5.69 Å². The highest BCUT2D eigenvalue weighted by molar-refractivity contribution is 5.95. The number of carboxylic acids is 1. The summed E-state index contributed by atoms with van der Waals surface area (Å²) in [5.74, 6) is -3.71. The third-order valence-electron chi connectivity index (χ3n) is 3.20. The Bertz CT molecular complexity index is 743. The van der Waals surface area contributed by atoms with Crippen molar-refractivity contribution in [3.8, 4) is 5.69 Å². The number of hydrogen-bond acceptors (Lipinski definition) is 3. The van der Waals surface area contributed by atoms with Crippen molar-refractivity contribution < 1.29 is 23.5 Å². The summed E-state index contributed by atoms with van der Waals surface area (Å²) in [7, 11) is 0. The molecule has 0 fully saturated rings. The summed E-state index contributed by atoms with van der Waals surface area (Å²) in [6, 6.07) is 3.22. The fourth-order valence-electron chi connectivity index (χ4n) is 1.98. The number of nitrogens with zero attached hydrogens (tertiary/aromatic N) is 2. The van der Waals surface area contributed by atoms with Crippen LogP contribution in [0.2, 0.25) is 0 Å². The van der Waals surface area contributed by atoms with Crippen LogP contribution >= 0.6 is 0 Å². The van der Waals surface area contributed by atoms with Gasteiger partial charge in [0.15, 0.2) is 11.5 Å². The van der Waals surface area contributed by atoms with Crippen molar-refractivity contribution in [2.24, 2.45) is 5.92 Å². The topological polar surface area (TPSA) is 84.2 Å². The minimum absolute atomic E-state index is 0.0240. The van der Waals surface area contributed by atoms with Crippen LogP contribution in [0.5, 0.6) is 0 Å². The maximum Gasteiger partial charge on any atom is 0.326 e. The zero-order valence-electron chi connectivity index (χ0n) is 12.5. The maximum absolute atomic E-state index is 13.7. The van der Waals surface area contributed by atoms with Crippen molar-refractivity contribution in [3.63, 3.8) is 0 Å². The molecule has 0 saturated carbocycles. The second-order valence-electron chi connectivity index (χ2n) is 5.27. The molecule has 8 heteroatoms. The number of nitrogens with one attached hydrogen (secondary N) is 1. The predicted molar refractivity (Wildman–Crippen MR) is 77.2 cm³/mol. The Balaban J connectivity index is 2.21. The number of aromatic nitrogens is 2. The van der Waals surface area contributed by atoms with E-state index in [4.69, 9.17) is 5.11 Å². The van der Waals surface area contributed by atoms with Crippen molar-refractivity contribution in [2.45, 2.75) is 19.9 Å². The second kappa shape index (κ2) is 6.55. The van der Waals surface area contributed by atoms with Gasteiger partial charge < -0.3 is 10.4 Å². The van der Waals surface area contributed by atoms with Crippen LogP contribution in [0.1, 0.15) is 24.3 Å². The van der Waals surface area contributed by atoms with Crippen molar-refractivity contribution in [1.82, 2.24) is 15.1 Å².